The van der Waals surface area contributed by atoms with E-state index in [0.717, 1.165) is 23.4 Å². The molecule has 112 valence electrons. The summed E-state index contributed by atoms with van der Waals surface area (Å²) >= 11 is 3.61. The van der Waals surface area contributed by atoms with E-state index in [1.807, 2.05) is 18.3 Å². The topological polar surface area (TPSA) is 28.2 Å². The van der Waals surface area contributed by atoms with Crippen LogP contribution in [0.2, 0.25) is 0 Å². The van der Waals surface area contributed by atoms with Crippen molar-refractivity contribution in [3.63, 3.8) is 0 Å². The molecule has 2 rings (SSSR count). The third kappa shape index (κ3) is 4.05. The first kappa shape index (κ1) is 16.0. The van der Waals surface area contributed by atoms with E-state index in [2.05, 4.69) is 76.3 Å². The van der Waals surface area contributed by atoms with Gasteiger partial charge >= 0.3 is 0 Å². The van der Waals surface area contributed by atoms with Crippen LogP contribution in [0.4, 0.5) is 5.82 Å². The summed E-state index contributed by atoms with van der Waals surface area (Å²) in [7, 11) is 2.09. The first-order chi connectivity index (χ1) is 10.1. The highest BCUT2D eigenvalue weighted by Gasteiger charge is 2.14. The van der Waals surface area contributed by atoms with E-state index < -0.39 is 0 Å². The van der Waals surface area contributed by atoms with Crippen LogP contribution in [0.5, 0.6) is 0 Å². The molecule has 0 saturated heterocycles. The van der Waals surface area contributed by atoms with Crippen LogP contribution in [0.15, 0.2) is 47.1 Å². The Morgan fingerprint density at radius 2 is 2.00 bits per heavy atom. The van der Waals surface area contributed by atoms with Crippen LogP contribution >= 0.6 is 15.9 Å². The second kappa shape index (κ2) is 7.57. The third-order valence-electron chi connectivity index (χ3n) is 3.52. The molecular formula is C17H22BrN3. The zero-order valence-corrected chi connectivity index (χ0v) is 14.4. The molecule has 1 aromatic heterocycles. The maximum atomic E-state index is 4.58. The van der Waals surface area contributed by atoms with Crippen molar-refractivity contribution in [2.24, 2.45) is 0 Å². The van der Waals surface area contributed by atoms with Crippen LogP contribution in [-0.4, -0.2) is 18.6 Å². The molecule has 0 amide bonds. The molecule has 0 fully saturated rings. The fraction of sp³-hybridized carbons (Fsp3) is 0.353. The van der Waals surface area contributed by atoms with Gasteiger partial charge in [-0.25, -0.2) is 4.98 Å². The molecule has 0 radical (unpaired) electrons. The summed E-state index contributed by atoms with van der Waals surface area (Å²) < 4.78 is 1.13. The van der Waals surface area contributed by atoms with Gasteiger partial charge in [0.2, 0.25) is 0 Å². The van der Waals surface area contributed by atoms with Crippen LogP contribution in [-0.2, 0) is 6.54 Å². The Hall–Kier alpha value is -1.39. The number of rotatable bonds is 6. The highest BCUT2D eigenvalue weighted by molar-refractivity contribution is 9.10. The van der Waals surface area contributed by atoms with E-state index in [-0.39, 0.29) is 0 Å². The van der Waals surface area contributed by atoms with E-state index in [1.54, 1.807) is 0 Å². The van der Waals surface area contributed by atoms with Crippen molar-refractivity contribution in [2.45, 2.75) is 26.4 Å². The number of nitrogens with one attached hydrogen (secondary N) is 1. The molecule has 3 nitrogen and oxygen atoms in total. The van der Waals surface area contributed by atoms with Crippen molar-refractivity contribution in [1.29, 1.82) is 0 Å². The van der Waals surface area contributed by atoms with Crippen molar-refractivity contribution < 1.29 is 0 Å². The molecule has 0 bridgehead atoms. The summed E-state index contributed by atoms with van der Waals surface area (Å²) in [6.45, 7) is 6.07. The molecule has 1 aromatic carbocycles. The molecule has 1 atom stereocenters. The molecule has 0 aliphatic rings. The summed E-state index contributed by atoms with van der Waals surface area (Å²) in [6.07, 6.45) is 1.86. The Bertz CT molecular complexity index is 586. The summed E-state index contributed by atoms with van der Waals surface area (Å²) in [5.74, 6) is 1.03. The minimum Gasteiger partial charge on any atom is -0.355 e. The van der Waals surface area contributed by atoms with Gasteiger partial charge in [0.1, 0.15) is 5.82 Å². The zero-order chi connectivity index (χ0) is 15.2. The van der Waals surface area contributed by atoms with E-state index in [0.29, 0.717) is 6.04 Å². The number of benzene rings is 1. The lowest BCUT2D eigenvalue weighted by molar-refractivity contribution is 0.594. The Labute approximate surface area is 135 Å². The number of aromatic nitrogens is 1. The fourth-order valence-electron chi connectivity index (χ4n) is 2.44. The third-order valence-corrected chi connectivity index (χ3v) is 4.29. The van der Waals surface area contributed by atoms with Crippen molar-refractivity contribution in [2.75, 3.05) is 18.5 Å². The van der Waals surface area contributed by atoms with Crippen molar-refractivity contribution in [3.8, 4) is 0 Å². The van der Waals surface area contributed by atoms with Crippen molar-refractivity contribution in [1.82, 2.24) is 10.3 Å². The number of hydrogen-bond donors (Lipinski definition) is 1. The molecule has 0 aliphatic heterocycles. The number of hydrogen-bond acceptors (Lipinski definition) is 3. The van der Waals surface area contributed by atoms with Crippen LogP contribution < -0.4 is 10.2 Å². The lowest BCUT2D eigenvalue weighted by Crippen LogP contribution is -2.24. The molecule has 0 spiro atoms. The van der Waals surface area contributed by atoms with Crippen molar-refractivity contribution in [3.05, 3.63) is 58.2 Å². The predicted octanol–water partition coefficient (Wildman–Crippen LogP) is 4.15. The quantitative estimate of drug-likeness (QED) is 0.850. The summed E-state index contributed by atoms with van der Waals surface area (Å²) in [5, 5.41) is 3.46. The Morgan fingerprint density at radius 1 is 1.24 bits per heavy atom. The predicted molar refractivity (Wildman–Crippen MR) is 92.6 cm³/mol. The molecule has 1 N–H and O–H groups in total. The average Bonchev–Trinajstić information content (AvgIpc) is 2.50. The molecule has 0 saturated carbocycles. The van der Waals surface area contributed by atoms with Gasteiger partial charge in [0, 0.05) is 35.9 Å². The van der Waals surface area contributed by atoms with E-state index >= 15 is 0 Å². The first-order valence-electron chi connectivity index (χ1n) is 7.26. The van der Waals surface area contributed by atoms with Crippen LogP contribution in [0.3, 0.4) is 0 Å². The highest BCUT2D eigenvalue weighted by Crippen LogP contribution is 2.25. The fourth-order valence-corrected chi connectivity index (χ4v) is 2.85. The molecular weight excluding hydrogens is 326 g/mol. The second-order valence-electron chi connectivity index (χ2n) is 5.14. The molecule has 1 unspecified atom stereocenters. The van der Waals surface area contributed by atoms with Crippen molar-refractivity contribution >= 4 is 21.7 Å². The lowest BCUT2D eigenvalue weighted by atomic mass is 10.1. The second-order valence-corrected chi connectivity index (χ2v) is 6.00. The summed E-state index contributed by atoms with van der Waals surface area (Å²) in [5.41, 5.74) is 2.49. The standard InChI is InChI=1S/C17H22BrN3/c1-4-19-13(2)15-9-7-11-20-17(15)21(3)12-14-8-5-6-10-16(14)18/h5-11,13,19H,4,12H2,1-3H3. The first-order valence-corrected chi connectivity index (χ1v) is 8.05. The average molecular weight is 348 g/mol. The number of halogens is 1. The number of anilines is 1. The summed E-state index contributed by atoms with van der Waals surface area (Å²) in [6, 6.07) is 12.7. The largest absolute Gasteiger partial charge is 0.355 e. The maximum Gasteiger partial charge on any atom is 0.133 e. The van der Waals surface area contributed by atoms with Crippen LogP contribution in [0, 0.1) is 0 Å². The highest BCUT2D eigenvalue weighted by atomic mass is 79.9. The van der Waals surface area contributed by atoms with Gasteiger partial charge in [-0.2, -0.15) is 0 Å². The molecule has 2 aromatic rings. The Balaban J connectivity index is 2.23. The SMILES string of the molecule is CCNC(C)c1cccnc1N(C)Cc1ccccc1Br. The zero-order valence-electron chi connectivity index (χ0n) is 12.8. The minimum atomic E-state index is 0.292. The lowest BCUT2D eigenvalue weighted by Gasteiger charge is -2.24. The van der Waals surface area contributed by atoms with E-state index in [4.69, 9.17) is 0 Å². The molecule has 0 aliphatic carbocycles. The van der Waals surface area contributed by atoms with Gasteiger partial charge in [-0.15, -0.1) is 0 Å². The van der Waals surface area contributed by atoms with Gasteiger partial charge in [-0.3, -0.25) is 0 Å². The van der Waals surface area contributed by atoms with E-state index in [1.165, 1.54) is 11.1 Å². The molecule has 1 heterocycles. The normalized spacial score (nSPS) is 12.2. The summed E-state index contributed by atoms with van der Waals surface area (Å²) in [4.78, 5) is 6.78. The van der Waals surface area contributed by atoms with Crippen LogP contribution in [0.1, 0.15) is 31.0 Å². The van der Waals surface area contributed by atoms with Crippen LogP contribution in [0.25, 0.3) is 0 Å². The minimum absolute atomic E-state index is 0.292. The van der Waals surface area contributed by atoms with Gasteiger partial charge in [-0.05, 0) is 31.2 Å². The van der Waals surface area contributed by atoms with E-state index in [9.17, 15) is 0 Å². The number of nitrogens with zero attached hydrogens (tertiary/aromatic N) is 2. The maximum absolute atomic E-state index is 4.58. The molecule has 21 heavy (non-hydrogen) atoms. The number of pyridine rings is 1. The van der Waals surface area contributed by atoms with Gasteiger partial charge < -0.3 is 10.2 Å². The smallest absolute Gasteiger partial charge is 0.133 e. The van der Waals surface area contributed by atoms with Gasteiger partial charge in [0.15, 0.2) is 0 Å². The Kier molecular flexibility index (Phi) is 5.76. The monoisotopic (exact) mass is 347 g/mol. The molecule has 4 heteroatoms. The van der Waals surface area contributed by atoms with Gasteiger partial charge in [-0.1, -0.05) is 47.1 Å². The van der Waals surface area contributed by atoms with Gasteiger partial charge in [0.25, 0.3) is 0 Å². The Morgan fingerprint density at radius 3 is 2.71 bits per heavy atom. The van der Waals surface area contributed by atoms with Gasteiger partial charge in [0.05, 0.1) is 0 Å².